The molecule has 37 heavy (non-hydrogen) atoms. The fourth-order valence-electron chi connectivity index (χ4n) is 4.02. The number of hydrogen-bond acceptors (Lipinski definition) is 7. The molecule has 0 atom stereocenters. The van der Waals surface area contributed by atoms with E-state index >= 15 is 0 Å². The number of halogens is 1. The zero-order valence-electron chi connectivity index (χ0n) is 21.2. The summed E-state index contributed by atoms with van der Waals surface area (Å²) in [5, 5.41) is 4.96. The van der Waals surface area contributed by atoms with Gasteiger partial charge in [-0.05, 0) is 70.0 Å². The Labute approximate surface area is 223 Å². The second kappa shape index (κ2) is 11.4. The first-order valence-electron chi connectivity index (χ1n) is 11.3. The molecular formula is C28H27BrN2O6. The monoisotopic (exact) mass is 566 g/mol. The van der Waals surface area contributed by atoms with Crippen molar-refractivity contribution in [2.24, 2.45) is 0 Å². The molecule has 0 N–H and O–H groups in total. The molecule has 8 nitrogen and oxygen atoms in total. The summed E-state index contributed by atoms with van der Waals surface area (Å²) in [7, 11) is 7.77. The van der Waals surface area contributed by atoms with Gasteiger partial charge in [-0.2, -0.15) is 5.10 Å². The minimum Gasteiger partial charge on any atom is -0.493 e. The summed E-state index contributed by atoms with van der Waals surface area (Å²) in [5.74, 6) is 2.09. The molecule has 0 fully saturated rings. The third-order valence-electron chi connectivity index (χ3n) is 5.92. The van der Waals surface area contributed by atoms with E-state index in [4.69, 9.17) is 28.8 Å². The molecule has 0 radical (unpaired) electrons. The van der Waals surface area contributed by atoms with Crippen LogP contribution in [0.4, 0.5) is 0 Å². The van der Waals surface area contributed by atoms with E-state index in [1.807, 2.05) is 53.2 Å². The standard InChI is InChI=1S/C28H27BrN2O6/c1-33-21-12-10-19(14-23(21)35-3)26-25(29)27(20-11-13-22(34-2)24(15-20)36-4)31(30-26)16-17-6-8-18(9-7-17)28(32)37-5/h6-15H,16H2,1-5H3. The first-order chi connectivity index (χ1) is 17.9. The Morgan fingerprint density at radius 2 is 1.30 bits per heavy atom. The maximum Gasteiger partial charge on any atom is 0.337 e. The molecule has 3 aromatic carbocycles. The highest BCUT2D eigenvalue weighted by atomic mass is 79.9. The van der Waals surface area contributed by atoms with Gasteiger partial charge in [0.2, 0.25) is 0 Å². The highest BCUT2D eigenvalue weighted by Gasteiger charge is 2.21. The quantitative estimate of drug-likeness (QED) is 0.235. The van der Waals surface area contributed by atoms with Gasteiger partial charge in [0.05, 0.1) is 57.8 Å². The lowest BCUT2D eigenvalue weighted by molar-refractivity contribution is 0.0600. The summed E-state index contributed by atoms with van der Waals surface area (Å²) < 4.78 is 29.4. The van der Waals surface area contributed by atoms with Crippen LogP contribution in [0.3, 0.4) is 0 Å². The molecule has 0 aliphatic rings. The molecule has 0 saturated heterocycles. The normalized spacial score (nSPS) is 10.6. The Bertz CT molecular complexity index is 1420. The van der Waals surface area contributed by atoms with E-state index in [1.165, 1.54) is 7.11 Å². The highest BCUT2D eigenvalue weighted by Crippen LogP contribution is 2.41. The predicted octanol–water partition coefficient (Wildman–Crippen LogP) is 5.85. The number of benzene rings is 3. The summed E-state index contributed by atoms with van der Waals surface area (Å²) >= 11 is 3.80. The molecule has 9 heteroatoms. The Kier molecular flexibility index (Phi) is 8.03. The molecule has 0 spiro atoms. The van der Waals surface area contributed by atoms with Crippen molar-refractivity contribution in [3.63, 3.8) is 0 Å². The molecule has 0 saturated carbocycles. The summed E-state index contributed by atoms with van der Waals surface area (Å²) in [6.45, 7) is 0.455. The van der Waals surface area contributed by atoms with Gasteiger partial charge in [-0.25, -0.2) is 4.79 Å². The number of methoxy groups -OCH3 is 5. The molecular weight excluding hydrogens is 540 g/mol. The van der Waals surface area contributed by atoms with Crippen LogP contribution in [0.25, 0.3) is 22.5 Å². The Morgan fingerprint density at radius 3 is 1.84 bits per heavy atom. The van der Waals surface area contributed by atoms with Crippen LogP contribution >= 0.6 is 15.9 Å². The zero-order valence-corrected chi connectivity index (χ0v) is 22.8. The fourth-order valence-corrected chi connectivity index (χ4v) is 4.76. The van der Waals surface area contributed by atoms with E-state index in [2.05, 4.69) is 15.9 Å². The molecule has 0 bridgehead atoms. The van der Waals surface area contributed by atoms with Crippen LogP contribution < -0.4 is 18.9 Å². The molecule has 192 valence electrons. The largest absolute Gasteiger partial charge is 0.493 e. The van der Waals surface area contributed by atoms with Crippen LogP contribution in [0.2, 0.25) is 0 Å². The van der Waals surface area contributed by atoms with Gasteiger partial charge in [-0.15, -0.1) is 0 Å². The van der Waals surface area contributed by atoms with E-state index in [-0.39, 0.29) is 5.97 Å². The Balaban J connectivity index is 1.85. The smallest absolute Gasteiger partial charge is 0.337 e. The summed E-state index contributed by atoms with van der Waals surface area (Å²) in [5.41, 5.74) is 4.77. The Morgan fingerprint density at radius 1 is 0.757 bits per heavy atom. The van der Waals surface area contributed by atoms with Gasteiger partial charge in [0.1, 0.15) is 5.69 Å². The second-order valence-corrected chi connectivity index (χ2v) is 8.79. The third kappa shape index (κ3) is 5.27. The van der Waals surface area contributed by atoms with E-state index in [0.29, 0.717) is 35.1 Å². The van der Waals surface area contributed by atoms with Gasteiger partial charge >= 0.3 is 5.97 Å². The van der Waals surface area contributed by atoms with Crippen LogP contribution in [0, 0.1) is 0 Å². The summed E-state index contributed by atoms with van der Waals surface area (Å²) in [4.78, 5) is 11.9. The van der Waals surface area contributed by atoms with Gasteiger partial charge in [-0.1, -0.05) is 12.1 Å². The molecule has 4 rings (SSSR count). The number of aromatic nitrogens is 2. The van der Waals surface area contributed by atoms with Crippen molar-refractivity contribution in [1.82, 2.24) is 9.78 Å². The topological polar surface area (TPSA) is 81.0 Å². The number of carbonyl (C=O) groups excluding carboxylic acids is 1. The van der Waals surface area contributed by atoms with Crippen LogP contribution in [0.1, 0.15) is 15.9 Å². The number of nitrogens with zero attached hydrogens (tertiary/aromatic N) is 2. The van der Waals surface area contributed by atoms with E-state index in [9.17, 15) is 4.79 Å². The van der Waals surface area contributed by atoms with Gasteiger partial charge in [-0.3, -0.25) is 4.68 Å². The minimum absolute atomic E-state index is 0.380. The van der Waals surface area contributed by atoms with Crippen molar-refractivity contribution in [1.29, 1.82) is 0 Å². The van der Waals surface area contributed by atoms with E-state index in [1.54, 1.807) is 40.6 Å². The van der Waals surface area contributed by atoms with Gasteiger partial charge in [0.25, 0.3) is 0 Å². The average Bonchev–Trinajstić information content (AvgIpc) is 3.27. The molecule has 4 aromatic rings. The molecule has 0 aliphatic carbocycles. The van der Waals surface area contributed by atoms with Gasteiger partial charge in [0.15, 0.2) is 23.0 Å². The lowest BCUT2D eigenvalue weighted by Gasteiger charge is -2.12. The van der Waals surface area contributed by atoms with Crippen LogP contribution in [-0.4, -0.2) is 51.3 Å². The first kappa shape index (κ1) is 26.1. The summed E-state index contributed by atoms with van der Waals surface area (Å²) in [6, 6.07) is 18.7. The number of hydrogen-bond donors (Lipinski definition) is 0. The van der Waals surface area contributed by atoms with E-state index < -0.39 is 0 Å². The lowest BCUT2D eigenvalue weighted by atomic mass is 10.1. The second-order valence-electron chi connectivity index (χ2n) is 8.00. The maximum absolute atomic E-state index is 11.9. The van der Waals surface area contributed by atoms with Crippen LogP contribution in [0.5, 0.6) is 23.0 Å². The molecule has 0 aliphatic heterocycles. The number of carbonyl (C=O) groups is 1. The number of ether oxygens (including phenoxy) is 5. The van der Waals surface area contributed by atoms with Gasteiger partial charge < -0.3 is 23.7 Å². The van der Waals surface area contributed by atoms with Crippen molar-refractivity contribution in [2.75, 3.05) is 35.5 Å². The Hall–Kier alpha value is -3.98. The number of rotatable bonds is 9. The van der Waals surface area contributed by atoms with Crippen molar-refractivity contribution < 1.29 is 28.5 Å². The van der Waals surface area contributed by atoms with Crippen molar-refractivity contribution in [2.45, 2.75) is 6.54 Å². The van der Waals surface area contributed by atoms with Crippen LogP contribution in [0.15, 0.2) is 65.1 Å². The average molecular weight is 567 g/mol. The molecule has 1 heterocycles. The predicted molar refractivity (Wildman–Crippen MR) is 144 cm³/mol. The van der Waals surface area contributed by atoms with Crippen molar-refractivity contribution in [3.05, 3.63) is 76.3 Å². The minimum atomic E-state index is -0.380. The molecule has 0 unspecified atom stereocenters. The number of esters is 1. The third-order valence-corrected chi connectivity index (χ3v) is 6.67. The molecule has 0 amide bonds. The summed E-state index contributed by atoms with van der Waals surface area (Å²) in [6.07, 6.45) is 0. The first-order valence-corrected chi connectivity index (χ1v) is 12.1. The lowest BCUT2D eigenvalue weighted by Crippen LogP contribution is -2.06. The maximum atomic E-state index is 11.9. The fraction of sp³-hybridized carbons (Fsp3) is 0.214. The highest BCUT2D eigenvalue weighted by molar-refractivity contribution is 9.10. The van der Waals surface area contributed by atoms with Crippen LogP contribution in [-0.2, 0) is 11.3 Å². The zero-order chi connectivity index (χ0) is 26.5. The van der Waals surface area contributed by atoms with Crippen molar-refractivity contribution >= 4 is 21.9 Å². The van der Waals surface area contributed by atoms with Crippen molar-refractivity contribution in [3.8, 4) is 45.5 Å². The van der Waals surface area contributed by atoms with E-state index in [0.717, 1.165) is 32.6 Å². The molecule has 1 aromatic heterocycles. The SMILES string of the molecule is COC(=O)c1ccc(Cn2nc(-c3ccc(OC)c(OC)c3)c(Br)c2-c2ccc(OC)c(OC)c2)cc1. The van der Waals surface area contributed by atoms with Gasteiger partial charge in [0, 0.05) is 11.1 Å².